The second-order valence-corrected chi connectivity index (χ2v) is 4.49. The first-order valence-electron chi connectivity index (χ1n) is 6.38. The van der Waals surface area contributed by atoms with Gasteiger partial charge >= 0.3 is 5.97 Å². The summed E-state index contributed by atoms with van der Waals surface area (Å²) in [5.74, 6) is -0.511. The zero-order chi connectivity index (χ0) is 16.4. The number of hydrogen-bond acceptors (Lipinski definition) is 7. The average molecular weight is 315 g/mol. The summed E-state index contributed by atoms with van der Waals surface area (Å²) >= 11 is 0. The number of aliphatic carboxylic acids is 1. The van der Waals surface area contributed by atoms with Crippen LogP contribution in [-0.2, 0) is 11.3 Å². The molecule has 0 atom stereocenters. The highest BCUT2D eigenvalue weighted by molar-refractivity contribution is 5.71. The van der Waals surface area contributed by atoms with E-state index in [-0.39, 0.29) is 23.0 Å². The minimum Gasteiger partial charge on any atom is -0.480 e. The van der Waals surface area contributed by atoms with Gasteiger partial charge in [-0.15, -0.1) is 5.10 Å². The van der Waals surface area contributed by atoms with Crippen LogP contribution in [0.25, 0.3) is 22.9 Å². The lowest BCUT2D eigenvalue weighted by atomic mass is 10.1. The largest absolute Gasteiger partial charge is 0.480 e. The fourth-order valence-electron chi connectivity index (χ4n) is 2.06. The minimum atomic E-state index is -1.11. The summed E-state index contributed by atoms with van der Waals surface area (Å²) in [7, 11) is 0. The molecule has 0 aliphatic heterocycles. The van der Waals surface area contributed by atoms with Gasteiger partial charge in [-0.2, -0.15) is 0 Å². The Morgan fingerprint density at radius 2 is 2.00 bits per heavy atom. The van der Waals surface area contributed by atoms with Crippen LogP contribution in [0, 0.1) is 10.1 Å². The number of benzene rings is 1. The molecule has 1 N–H and O–H groups in total. The number of hydrogen-bond donors (Lipinski definition) is 1. The molecule has 0 saturated carbocycles. The number of nitrogens with zero attached hydrogens (tertiary/aromatic N) is 5. The topological polar surface area (TPSA) is 137 Å². The van der Waals surface area contributed by atoms with Crippen LogP contribution >= 0.6 is 0 Å². The normalized spacial score (nSPS) is 10.6. The van der Waals surface area contributed by atoms with Gasteiger partial charge in [0.1, 0.15) is 12.3 Å². The van der Waals surface area contributed by atoms with Gasteiger partial charge < -0.3 is 9.52 Å². The van der Waals surface area contributed by atoms with Crippen LogP contribution in [-0.4, -0.2) is 36.2 Å². The lowest BCUT2D eigenvalue weighted by Gasteiger charge is -2.00. The van der Waals surface area contributed by atoms with Gasteiger partial charge in [0.2, 0.25) is 5.82 Å². The van der Waals surface area contributed by atoms with Gasteiger partial charge in [-0.1, -0.05) is 12.1 Å². The Kier molecular flexibility index (Phi) is 3.55. The van der Waals surface area contributed by atoms with Gasteiger partial charge in [0, 0.05) is 6.07 Å². The number of nitro benzene ring substituents is 1. The summed E-state index contributed by atoms with van der Waals surface area (Å²) in [5, 5.41) is 30.6. The molecule has 3 rings (SSSR count). The van der Waals surface area contributed by atoms with Crippen molar-refractivity contribution in [1.82, 2.24) is 20.2 Å². The van der Waals surface area contributed by atoms with E-state index in [2.05, 4.69) is 15.5 Å². The van der Waals surface area contributed by atoms with Crippen molar-refractivity contribution in [1.29, 1.82) is 0 Å². The van der Waals surface area contributed by atoms with Crippen molar-refractivity contribution in [2.24, 2.45) is 0 Å². The molecule has 10 nitrogen and oxygen atoms in total. The Morgan fingerprint density at radius 1 is 1.26 bits per heavy atom. The third-order valence-corrected chi connectivity index (χ3v) is 3.01. The highest BCUT2D eigenvalue weighted by Crippen LogP contribution is 2.33. The van der Waals surface area contributed by atoms with E-state index < -0.39 is 17.4 Å². The number of carboxylic acid groups (broad SMARTS) is 1. The second-order valence-electron chi connectivity index (χ2n) is 4.49. The van der Waals surface area contributed by atoms with Crippen LogP contribution in [0.4, 0.5) is 5.69 Å². The maximum Gasteiger partial charge on any atom is 0.325 e. The van der Waals surface area contributed by atoms with Crippen LogP contribution < -0.4 is 0 Å². The highest BCUT2D eigenvalue weighted by atomic mass is 16.6. The first-order valence-corrected chi connectivity index (χ1v) is 6.38. The maximum atomic E-state index is 11.1. The van der Waals surface area contributed by atoms with Crippen molar-refractivity contribution in [3.8, 4) is 22.9 Å². The molecule has 0 aliphatic rings. The fraction of sp³-hybridized carbons (Fsp3) is 0.0769. The maximum absolute atomic E-state index is 11.1. The molecular weight excluding hydrogens is 306 g/mol. The molecule has 2 heterocycles. The molecule has 0 amide bonds. The van der Waals surface area contributed by atoms with Crippen LogP contribution in [0.5, 0.6) is 0 Å². The molecule has 0 bridgehead atoms. The molecule has 0 spiro atoms. The highest BCUT2D eigenvalue weighted by Gasteiger charge is 2.20. The molecule has 23 heavy (non-hydrogen) atoms. The molecule has 3 aromatic rings. The Bertz CT molecular complexity index is 884. The van der Waals surface area contributed by atoms with E-state index in [1.54, 1.807) is 18.2 Å². The number of tetrazole rings is 1. The van der Waals surface area contributed by atoms with Gasteiger partial charge in [0.05, 0.1) is 10.5 Å². The zero-order valence-corrected chi connectivity index (χ0v) is 11.5. The minimum absolute atomic E-state index is 0.0986. The molecule has 0 fully saturated rings. The number of carbonyl (C=O) groups is 1. The predicted octanol–water partition coefficient (Wildman–Crippen LogP) is 1.59. The molecule has 0 aliphatic carbocycles. The Hall–Kier alpha value is -3.56. The zero-order valence-electron chi connectivity index (χ0n) is 11.5. The van der Waals surface area contributed by atoms with Crippen molar-refractivity contribution < 1.29 is 19.2 Å². The van der Waals surface area contributed by atoms with Crippen molar-refractivity contribution in [3.63, 3.8) is 0 Å². The van der Waals surface area contributed by atoms with Gasteiger partial charge in [-0.05, 0) is 28.6 Å². The fourth-order valence-corrected chi connectivity index (χ4v) is 2.06. The second kappa shape index (κ2) is 5.67. The third-order valence-electron chi connectivity index (χ3n) is 3.01. The number of nitro groups is 1. The molecule has 116 valence electrons. The van der Waals surface area contributed by atoms with E-state index in [4.69, 9.17) is 9.52 Å². The lowest BCUT2D eigenvalue weighted by Crippen LogP contribution is -2.11. The molecule has 0 radical (unpaired) electrons. The quantitative estimate of drug-likeness (QED) is 0.553. The number of carboxylic acids is 1. The summed E-state index contributed by atoms with van der Waals surface area (Å²) < 4.78 is 6.63. The summed E-state index contributed by atoms with van der Waals surface area (Å²) in [6, 6.07) is 9.19. The van der Waals surface area contributed by atoms with Gasteiger partial charge in [0.25, 0.3) is 5.69 Å². The van der Waals surface area contributed by atoms with E-state index in [0.29, 0.717) is 5.56 Å². The predicted molar refractivity (Wildman–Crippen MR) is 75.2 cm³/mol. The van der Waals surface area contributed by atoms with Crippen LogP contribution in [0.3, 0.4) is 0 Å². The van der Waals surface area contributed by atoms with E-state index in [0.717, 1.165) is 4.68 Å². The number of furan rings is 1. The van der Waals surface area contributed by atoms with Crippen molar-refractivity contribution in [2.45, 2.75) is 6.54 Å². The van der Waals surface area contributed by atoms with Crippen LogP contribution in [0.2, 0.25) is 0 Å². The third kappa shape index (κ3) is 2.77. The number of aromatic nitrogens is 4. The molecule has 2 aromatic heterocycles. The number of rotatable bonds is 5. The average Bonchev–Trinajstić information content (AvgIpc) is 3.15. The van der Waals surface area contributed by atoms with E-state index in [1.165, 1.54) is 18.2 Å². The van der Waals surface area contributed by atoms with Gasteiger partial charge in [0.15, 0.2) is 5.76 Å². The van der Waals surface area contributed by atoms with Crippen molar-refractivity contribution in [2.75, 3.05) is 0 Å². The summed E-state index contributed by atoms with van der Waals surface area (Å²) in [5.41, 5.74) is 0.208. The Morgan fingerprint density at radius 3 is 2.74 bits per heavy atom. The summed E-state index contributed by atoms with van der Waals surface area (Å²) in [6.45, 7) is -0.427. The van der Waals surface area contributed by atoms with Gasteiger partial charge in [-0.3, -0.25) is 14.9 Å². The summed E-state index contributed by atoms with van der Waals surface area (Å²) in [4.78, 5) is 21.3. The smallest absolute Gasteiger partial charge is 0.325 e. The molecule has 1 aromatic carbocycles. The van der Waals surface area contributed by atoms with Crippen molar-refractivity contribution in [3.05, 3.63) is 46.5 Å². The van der Waals surface area contributed by atoms with Crippen LogP contribution in [0.1, 0.15) is 0 Å². The molecule has 0 saturated heterocycles. The molecule has 0 unspecified atom stereocenters. The summed E-state index contributed by atoms with van der Waals surface area (Å²) in [6.07, 6.45) is 0. The van der Waals surface area contributed by atoms with Gasteiger partial charge in [-0.25, -0.2) is 4.68 Å². The van der Waals surface area contributed by atoms with Crippen molar-refractivity contribution >= 4 is 11.7 Å². The lowest BCUT2D eigenvalue weighted by molar-refractivity contribution is -0.384. The SMILES string of the molecule is O=C(O)Cn1nnnc1-c1ccc(-c2ccccc2[N+](=O)[O-])o1. The van der Waals surface area contributed by atoms with E-state index >= 15 is 0 Å². The first-order chi connectivity index (χ1) is 11.1. The van der Waals surface area contributed by atoms with E-state index in [9.17, 15) is 14.9 Å². The Balaban J connectivity index is 2.01. The van der Waals surface area contributed by atoms with Crippen LogP contribution in [0.15, 0.2) is 40.8 Å². The number of para-hydroxylation sites is 1. The Labute approximate surface area is 128 Å². The van der Waals surface area contributed by atoms with E-state index in [1.807, 2.05) is 0 Å². The first kappa shape index (κ1) is 14.4. The standard InChI is InChI=1S/C13H9N5O5/c19-12(20)7-17-13(14-15-16-17)11-6-5-10(23-11)8-3-1-2-4-9(8)18(21)22/h1-6H,7H2,(H,19,20). The monoisotopic (exact) mass is 315 g/mol. The molecule has 10 heteroatoms. The molecular formula is C13H9N5O5.